The van der Waals surface area contributed by atoms with Gasteiger partial charge in [-0.25, -0.2) is 4.98 Å². The number of anilines is 1. The van der Waals surface area contributed by atoms with E-state index in [-0.39, 0.29) is 5.56 Å². The van der Waals surface area contributed by atoms with Gasteiger partial charge in [0.2, 0.25) is 0 Å². The molecule has 102 valence electrons. The Morgan fingerprint density at radius 1 is 1.33 bits per heavy atom. The second-order valence-electron chi connectivity index (χ2n) is 4.18. The minimum atomic E-state index is -0.530. The molecule has 6 nitrogen and oxygen atoms in total. The molecule has 1 aromatic carbocycles. The number of carbonyl (C=O) groups excluding carboxylic acids is 1. The zero-order chi connectivity index (χ0) is 14.8. The normalized spacial score (nSPS) is 10.2. The third kappa shape index (κ3) is 2.40. The molecule has 0 radical (unpaired) electrons. The Morgan fingerprint density at radius 2 is 2.10 bits per heavy atom. The predicted octanol–water partition coefficient (Wildman–Crippen LogP) is 1.88. The number of nitrogens with zero attached hydrogens (tertiary/aromatic N) is 3. The van der Waals surface area contributed by atoms with Crippen LogP contribution in [-0.2, 0) is 0 Å². The van der Waals surface area contributed by atoms with E-state index >= 15 is 0 Å². The minimum absolute atomic E-state index is 0.0322. The average Bonchev–Trinajstić information content (AvgIpc) is 2.98. The van der Waals surface area contributed by atoms with Gasteiger partial charge in [0.25, 0.3) is 11.5 Å². The first-order chi connectivity index (χ1) is 10.2. The SMILES string of the molecule is N#Cc1ccc(NC(=O)c2cnc3sccn3c2=O)cc1. The highest BCUT2D eigenvalue weighted by Gasteiger charge is 2.13. The van der Waals surface area contributed by atoms with Crippen molar-refractivity contribution in [3.8, 4) is 6.07 Å². The molecule has 1 N–H and O–H groups in total. The largest absolute Gasteiger partial charge is 0.322 e. The summed E-state index contributed by atoms with van der Waals surface area (Å²) in [5, 5.41) is 13.1. The topological polar surface area (TPSA) is 87.3 Å². The monoisotopic (exact) mass is 296 g/mol. The number of rotatable bonds is 2. The molecule has 0 aliphatic heterocycles. The molecule has 2 aromatic heterocycles. The summed E-state index contributed by atoms with van der Waals surface area (Å²) in [5.74, 6) is -0.530. The summed E-state index contributed by atoms with van der Waals surface area (Å²) in [5.41, 5.74) is 0.561. The molecule has 0 unspecified atom stereocenters. The molecule has 0 spiro atoms. The van der Waals surface area contributed by atoms with E-state index in [1.54, 1.807) is 35.8 Å². The molecule has 0 aliphatic carbocycles. The number of benzene rings is 1. The van der Waals surface area contributed by atoms with Crippen LogP contribution in [0.4, 0.5) is 5.69 Å². The van der Waals surface area contributed by atoms with Crippen molar-refractivity contribution in [2.45, 2.75) is 0 Å². The summed E-state index contributed by atoms with van der Waals surface area (Å²) in [6.07, 6.45) is 2.85. The number of hydrogen-bond donors (Lipinski definition) is 1. The Kier molecular flexibility index (Phi) is 3.22. The van der Waals surface area contributed by atoms with E-state index in [0.717, 1.165) is 0 Å². The van der Waals surface area contributed by atoms with Gasteiger partial charge in [-0.1, -0.05) is 0 Å². The molecule has 7 heteroatoms. The van der Waals surface area contributed by atoms with E-state index < -0.39 is 11.5 Å². The molecule has 0 fully saturated rings. The lowest BCUT2D eigenvalue weighted by Gasteiger charge is -2.04. The molecule has 0 aliphatic rings. The molecule has 0 saturated heterocycles. The van der Waals surface area contributed by atoms with Crippen LogP contribution in [0.5, 0.6) is 0 Å². The zero-order valence-corrected chi connectivity index (χ0v) is 11.4. The Labute approximate surface area is 122 Å². The highest BCUT2D eigenvalue weighted by Crippen LogP contribution is 2.10. The van der Waals surface area contributed by atoms with Crippen molar-refractivity contribution in [2.24, 2.45) is 0 Å². The number of aromatic nitrogens is 2. The van der Waals surface area contributed by atoms with E-state index in [4.69, 9.17) is 5.26 Å². The van der Waals surface area contributed by atoms with Gasteiger partial charge >= 0.3 is 0 Å². The molecule has 21 heavy (non-hydrogen) atoms. The second-order valence-corrected chi connectivity index (χ2v) is 5.05. The molecule has 3 aromatic rings. The van der Waals surface area contributed by atoms with Crippen molar-refractivity contribution in [3.63, 3.8) is 0 Å². The summed E-state index contributed by atoms with van der Waals surface area (Å²) in [4.78, 5) is 28.9. The summed E-state index contributed by atoms with van der Waals surface area (Å²) >= 11 is 1.32. The standard InChI is InChI=1S/C14H8N4O2S/c15-7-9-1-3-10(4-2-9)17-12(19)11-8-16-14-18(13(11)20)5-6-21-14/h1-6,8H,(H,17,19). The van der Waals surface area contributed by atoms with Gasteiger partial charge < -0.3 is 5.32 Å². The van der Waals surface area contributed by atoms with Gasteiger partial charge in [0.15, 0.2) is 4.96 Å². The maximum absolute atomic E-state index is 12.1. The number of hydrogen-bond acceptors (Lipinski definition) is 5. The molecule has 2 heterocycles. The zero-order valence-electron chi connectivity index (χ0n) is 10.6. The van der Waals surface area contributed by atoms with Crippen molar-refractivity contribution >= 4 is 27.9 Å². The van der Waals surface area contributed by atoms with E-state index in [0.29, 0.717) is 16.2 Å². The van der Waals surface area contributed by atoms with E-state index in [2.05, 4.69) is 10.3 Å². The quantitative estimate of drug-likeness (QED) is 0.782. The van der Waals surface area contributed by atoms with Crippen molar-refractivity contribution < 1.29 is 4.79 Å². The second kappa shape index (κ2) is 5.19. The van der Waals surface area contributed by atoms with Gasteiger partial charge in [0, 0.05) is 23.5 Å². The first kappa shape index (κ1) is 13.0. The van der Waals surface area contributed by atoms with E-state index in [9.17, 15) is 9.59 Å². The summed E-state index contributed by atoms with van der Waals surface area (Å²) in [7, 11) is 0. The van der Waals surface area contributed by atoms with Crippen LogP contribution in [0.3, 0.4) is 0 Å². The fourth-order valence-corrected chi connectivity index (χ4v) is 2.48. The van der Waals surface area contributed by atoms with Gasteiger partial charge in [0.05, 0.1) is 11.6 Å². The number of fused-ring (bicyclic) bond motifs is 1. The van der Waals surface area contributed by atoms with Gasteiger partial charge in [-0.3, -0.25) is 14.0 Å². The fraction of sp³-hybridized carbons (Fsp3) is 0. The molecule has 0 saturated carbocycles. The number of nitriles is 1. The van der Waals surface area contributed by atoms with Crippen molar-refractivity contribution in [1.82, 2.24) is 9.38 Å². The van der Waals surface area contributed by atoms with Gasteiger partial charge in [-0.15, -0.1) is 11.3 Å². The molecule has 1 amide bonds. The molecule has 0 atom stereocenters. The van der Waals surface area contributed by atoms with E-state index in [1.807, 2.05) is 6.07 Å². The average molecular weight is 296 g/mol. The number of amides is 1. The lowest BCUT2D eigenvalue weighted by molar-refractivity contribution is 0.102. The third-order valence-electron chi connectivity index (χ3n) is 2.86. The van der Waals surface area contributed by atoms with Crippen LogP contribution in [0.1, 0.15) is 15.9 Å². The van der Waals surface area contributed by atoms with Crippen LogP contribution in [-0.4, -0.2) is 15.3 Å². The highest BCUT2D eigenvalue weighted by atomic mass is 32.1. The van der Waals surface area contributed by atoms with Gasteiger partial charge in [-0.05, 0) is 24.3 Å². The van der Waals surface area contributed by atoms with Crippen LogP contribution in [0.15, 0.2) is 46.8 Å². The van der Waals surface area contributed by atoms with Crippen LogP contribution < -0.4 is 10.9 Å². The first-order valence-corrected chi connectivity index (χ1v) is 6.83. The van der Waals surface area contributed by atoms with Crippen LogP contribution >= 0.6 is 11.3 Å². The van der Waals surface area contributed by atoms with Crippen LogP contribution in [0.2, 0.25) is 0 Å². The van der Waals surface area contributed by atoms with Gasteiger partial charge in [0.1, 0.15) is 5.56 Å². The highest BCUT2D eigenvalue weighted by molar-refractivity contribution is 7.15. The summed E-state index contributed by atoms with van der Waals surface area (Å²) in [6.45, 7) is 0. The number of carbonyl (C=O) groups is 1. The predicted molar refractivity (Wildman–Crippen MR) is 78.4 cm³/mol. The Hall–Kier alpha value is -2.98. The summed E-state index contributed by atoms with van der Waals surface area (Å²) < 4.78 is 1.33. The van der Waals surface area contributed by atoms with Crippen molar-refractivity contribution in [3.05, 3.63) is 63.5 Å². The summed E-state index contributed by atoms with van der Waals surface area (Å²) in [6, 6.07) is 8.37. The molecule has 3 rings (SSSR count). The molecular weight excluding hydrogens is 288 g/mol. The van der Waals surface area contributed by atoms with Gasteiger partial charge in [-0.2, -0.15) is 5.26 Å². The van der Waals surface area contributed by atoms with Crippen LogP contribution in [0.25, 0.3) is 4.96 Å². The lowest BCUT2D eigenvalue weighted by Crippen LogP contribution is -2.25. The third-order valence-corrected chi connectivity index (χ3v) is 3.63. The maximum Gasteiger partial charge on any atom is 0.271 e. The smallest absolute Gasteiger partial charge is 0.271 e. The number of thiazole rings is 1. The van der Waals surface area contributed by atoms with E-state index in [1.165, 1.54) is 21.9 Å². The Balaban J connectivity index is 1.91. The molecule has 0 bridgehead atoms. The minimum Gasteiger partial charge on any atom is -0.322 e. The van der Waals surface area contributed by atoms with Crippen molar-refractivity contribution in [1.29, 1.82) is 5.26 Å². The lowest BCUT2D eigenvalue weighted by atomic mass is 10.2. The Morgan fingerprint density at radius 3 is 2.81 bits per heavy atom. The Bertz CT molecular complexity index is 919. The number of nitrogens with one attached hydrogen (secondary N) is 1. The van der Waals surface area contributed by atoms with Crippen LogP contribution in [0, 0.1) is 11.3 Å². The van der Waals surface area contributed by atoms with Crippen molar-refractivity contribution in [2.75, 3.05) is 5.32 Å². The fourth-order valence-electron chi connectivity index (χ4n) is 1.81. The maximum atomic E-state index is 12.1. The molecular formula is C14H8N4O2S. The first-order valence-electron chi connectivity index (χ1n) is 5.95.